The van der Waals surface area contributed by atoms with Gasteiger partial charge in [0.15, 0.2) is 16.3 Å². The van der Waals surface area contributed by atoms with Crippen molar-refractivity contribution in [1.29, 1.82) is 0 Å². The van der Waals surface area contributed by atoms with E-state index >= 15 is 0 Å². The number of carbonyl (C=O) groups is 1. The lowest BCUT2D eigenvalue weighted by atomic mass is 10.2. The van der Waals surface area contributed by atoms with Crippen LogP contribution in [0.4, 0.5) is 0 Å². The highest BCUT2D eigenvalue weighted by Crippen LogP contribution is 2.33. The van der Waals surface area contributed by atoms with Crippen molar-refractivity contribution in [3.8, 4) is 23.0 Å². The Balaban J connectivity index is 1.73. The summed E-state index contributed by atoms with van der Waals surface area (Å²) in [5.41, 5.74) is 1.33. The molecule has 162 valence electrons. The minimum atomic E-state index is -0.355. The highest BCUT2D eigenvalue weighted by atomic mass is 32.1. The molecular weight excluding hydrogens is 424 g/mol. The summed E-state index contributed by atoms with van der Waals surface area (Å²) in [5.74, 6) is 2.15. The molecule has 0 saturated carbocycles. The number of amides is 1. The van der Waals surface area contributed by atoms with E-state index in [4.69, 9.17) is 14.2 Å². The smallest absolute Gasteiger partial charge is 0.279 e. The van der Waals surface area contributed by atoms with Crippen molar-refractivity contribution < 1.29 is 19.0 Å². The van der Waals surface area contributed by atoms with Crippen molar-refractivity contribution in [3.63, 3.8) is 0 Å². The van der Waals surface area contributed by atoms with Crippen LogP contribution >= 0.6 is 11.3 Å². The third-order valence-corrected chi connectivity index (χ3v) is 5.80. The minimum absolute atomic E-state index is 0.355. The number of ether oxygens (including phenoxy) is 3. The van der Waals surface area contributed by atoms with Gasteiger partial charge in [-0.3, -0.25) is 4.79 Å². The van der Waals surface area contributed by atoms with Crippen molar-refractivity contribution in [2.75, 3.05) is 14.2 Å². The van der Waals surface area contributed by atoms with Crippen LogP contribution in [-0.2, 0) is 6.54 Å². The van der Waals surface area contributed by atoms with Gasteiger partial charge in [-0.25, -0.2) is 0 Å². The molecule has 0 radical (unpaired) electrons. The first-order valence-electron chi connectivity index (χ1n) is 9.91. The molecule has 0 bridgehead atoms. The van der Waals surface area contributed by atoms with E-state index in [-0.39, 0.29) is 5.91 Å². The summed E-state index contributed by atoms with van der Waals surface area (Å²) in [5, 5.41) is 0. The van der Waals surface area contributed by atoms with Crippen LogP contribution in [0.1, 0.15) is 10.4 Å². The Morgan fingerprint density at radius 1 is 1.00 bits per heavy atom. The monoisotopic (exact) mass is 446 g/mol. The molecule has 4 aromatic rings. The van der Waals surface area contributed by atoms with Crippen molar-refractivity contribution in [2.45, 2.75) is 6.54 Å². The van der Waals surface area contributed by atoms with Crippen molar-refractivity contribution in [1.82, 2.24) is 4.57 Å². The molecule has 0 fully saturated rings. The van der Waals surface area contributed by atoms with E-state index in [0.717, 1.165) is 10.2 Å². The predicted molar refractivity (Wildman–Crippen MR) is 126 cm³/mol. The Hall–Kier alpha value is -3.84. The number of hydrogen-bond acceptors (Lipinski definition) is 5. The molecule has 0 aliphatic carbocycles. The molecule has 1 heterocycles. The van der Waals surface area contributed by atoms with Crippen molar-refractivity contribution in [3.05, 3.63) is 89.7 Å². The summed E-state index contributed by atoms with van der Waals surface area (Å²) >= 11 is 1.40. The SMILES string of the molecule is C=CCn1c(=NC(=O)c2cccc(Oc3ccccc3)c2)sc2cc(OC)c(OC)cc21. The second-order valence-corrected chi connectivity index (χ2v) is 7.83. The lowest BCUT2D eigenvalue weighted by Gasteiger charge is -2.08. The van der Waals surface area contributed by atoms with E-state index in [1.807, 2.05) is 47.0 Å². The molecule has 1 aromatic heterocycles. The number of para-hydroxylation sites is 1. The number of methoxy groups -OCH3 is 2. The largest absolute Gasteiger partial charge is 0.493 e. The zero-order valence-electron chi connectivity index (χ0n) is 17.8. The standard InChI is InChI=1S/C25H22N2O4S/c1-4-13-27-20-15-21(29-2)22(30-3)16-23(20)32-25(27)26-24(28)17-9-8-12-19(14-17)31-18-10-6-5-7-11-18/h4-12,14-16H,1,13H2,2-3H3. The number of carbonyl (C=O) groups excluding carboxylic acids is 1. The molecule has 6 nitrogen and oxygen atoms in total. The van der Waals surface area contributed by atoms with Crippen LogP contribution in [0.2, 0.25) is 0 Å². The fourth-order valence-electron chi connectivity index (χ4n) is 3.26. The average molecular weight is 447 g/mol. The van der Waals surface area contributed by atoms with Gasteiger partial charge in [0, 0.05) is 24.2 Å². The van der Waals surface area contributed by atoms with Crippen molar-refractivity contribution in [2.24, 2.45) is 4.99 Å². The van der Waals surface area contributed by atoms with E-state index in [2.05, 4.69) is 11.6 Å². The van der Waals surface area contributed by atoms with Crippen LogP contribution in [-0.4, -0.2) is 24.7 Å². The molecule has 0 unspecified atom stereocenters. The predicted octanol–water partition coefficient (Wildman–Crippen LogP) is 5.44. The van der Waals surface area contributed by atoms with E-state index in [0.29, 0.717) is 39.9 Å². The average Bonchev–Trinajstić information content (AvgIpc) is 3.15. The Morgan fingerprint density at radius 2 is 1.72 bits per heavy atom. The van der Waals surface area contributed by atoms with Crippen LogP contribution in [0.15, 0.2) is 84.4 Å². The number of benzene rings is 3. The van der Waals surface area contributed by atoms with Gasteiger partial charge in [-0.1, -0.05) is 41.7 Å². The molecule has 1 amide bonds. The fourth-order valence-corrected chi connectivity index (χ4v) is 4.30. The highest BCUT2D eigenvalue weighted by Gasteiger charge is 2.13. The highest BCUT2D eigenvalue weighted by molar-refractivity contribution is 7.16. The maximum absolute atomic E-state index is 13.0. The Morgan fingerprint density at radius 3 is 2.44 bits per heavy atom. The van der Waals surface area contributed by atoms with E-state index in [9.17, 15) is 4.79 Å². The molecule has 7 heteroatoms. The van der Waals surface area contributed by atoms with Gasteiger partial charge in [-0.05, 0) is 30.3 Å². The van der Waals surface area contributed by atoms with Crippen molar-refractivity contribution >= 4 is 27.5 Å². The van der Waals surface area contributed by atoms with Crippen LogP contribution in [0.3, 0.4) is 0 Å². The molecule has 32 heavy (non-hydrogen) atoms. The number of allylic oxidation sites excluding steroid dienone is 1. The Bertz CT molecular complexity index is 1340. The maximum Gasteiger partial charge on any atom is 0.279 e. The molecule has 0 atom stereocenters. The third kappa shape index (κ3) is 4.43. The van der Waals surface area contributed by atoms with Gasteiger partial charge in [0.05, 0.1) is 24.4 Å². The molecule has 0 N–H and O–H groups in total. The molecular formula is C25H22N2O4S. The minimum Gasteiger partial charge on any atom is -0.493 e. The summed E-state index contributed by atoms with van der Waals surface area (Å²) in [6, 6.07) is 20.2. The van der Waals surface area contributed by atoms with E-state index in [1.165, 1.54) is 11.3 Å². The summed E-state index contributed by atoms with van der Waals surface area (Å²) in [7, 11) is 3.18. The number of hydrogen-bond donors (Lipinski definition) is 0. The Kier molecular flexibility index (Phi) is 6.37. The zero-order chi connectivity index (χ0) is 22.5. The van der Waals surface area contributed by atoms with Gasteiger partial charge >= 0.3 is 0 Å². The number of nitrogens with zero attached hydrogens (tertiary/aromatic N) is 2. The summed E-state index contributed by atoms with van der Waals surface area (Å²) < 4.78 is 19.5. The van der Waals surface area contributed by atoms with Gasteiger partial charge in [0.2, 0.25) is 0 Å². The number of aromatic nitrogens is 1. The maximum atomic E-state index is 13.0. The van der Waals surface area contributed by atoms with E-state index < -0.39 is 0 Å². The molecule has 0 spiro atoms. The lowest BCUT2D eigenvalue weighted by Crippen LogP contribution is -2.16. The van der Waals surface area contributed by atoms with Gasteiger partial charge in [0.1, 0.15) is 11.5 Å². The van der Waals surface area contributed by atoms with Gasteiger partial charge in [0.25, 0.3) is 5.91 Å². The first-order chi connectivity index (χ1) is 15.6. The quantitative estimate of drug-likeness (QED) is 0.355. The van der Waals surface area contributed by atoms with E-state index in [1.54, 1.807) is 44.6 Å². The van der Waals surface area contributed by atoms with Crippen LogP contribution in [0.25, 0.3) is 10.2 Å². The first-order valence-corrected chi connectivity index (χ1v) is 10.7. The number of thiazole rings is 1. The molecule has 0 aliphatic heterocycles. The molecule has 3 aromatic carbocycles. The summed E-state index contributed by atoms with van der Waals surface area (Å²) in [6.45, 7) is 4.33. The lowest BCUT2D eigenvalue weighted by molar-refractivity contribution is 0.0997. The van der Waals surface area contributed by atoms with Gasteiger partial charge in [-0.15, -0.1) is 6.58 Å². The van der Waals surface area contributed by atoms with Crippen LogP contribution in [0, 0.1) is 0 Å². The van der Waals surface area contributed by atoms with Crippen LogP contribution < -0.4 is 19.0 Å². The summed E-state index contributed by atoms with van der Waals surface area (Å²) in [6.07, 6.45) is 1.76. The fraction of sp³-hybridized carbons (Fsp3) is 0.120. The zero-order valence-corrected chi connectivity index (χ0v) is 18.6. The third-order valence-electron chi connectivity index (χ3n) is 4.76. The second-order valence-electron chi connectivity index (χ2n) is 6.82. The summed E-state index contributed by atoms with van der Waals surface area (Å²) in [4.78, 5) is 18.0. The molecule has 0 aliphatic rings. The first kappa shape index (κ1) is 21.4. The number of rotatable bonds is 7. The molecule has 4 rings (SSSR count). The second kappa shape index (κ2) is 9.53. The van der Waals surface area contributed by atoms with Gasteiger partial charge in [-0.2, -0.15) is 4.99 Å². The normalized spacial score (nSPS) is 11.4. The number of fused-ring (bicyclic) bond motifs is 1. The Labute approximate surface area is 189 Å². The van der Waals surface area contributed by atoms with Gasteiger partial charge < -0.3 is 18.8 Å². The van der Waals surface area contributed by atoms with Crippen LogP contribution in [0.5, 0.6) is 23.0 Å². The molecule has 0 saturated heterocycles. The topological polar surface area (TPSA) is 62.1 Å².